The predicted octanol–water partition coefficient (Wildman–Crippen LogP) is 2.00. The number of pyridine rings is 1. The Morgan fingerprint density at radius 3 is 2.19 bits per heavy atom. The number of amides is 1. The van der Waals surface area contributed by atoms with Gasteiger partial charge in [-0.3, -0.25) is 9.59 Å². The molecule has 0 fully saturated rings. The minimum absolute atomic E-state index is 0.0289. The van der Waals surface area contributed by atoms with E-state index in [1.165, 1.54) is 25.9 Å². The number of benzene rings is 1. The van der Waals surface area contributed by atoms with E-state index in [0.717, 1.165) is 0 Å². The fourth-order valence-electron chi connectivity index (χ4n) is 2.76. The zero-order valence-electron chi connectivity index (χ0n) is 15.9. The van der Waals surface area contributed by atoms with Crippen LogP contribution in [0, 0.1) is 25.2 Å². The molecule has 0 bridgehead atoms. The van der Waals surface area contributed by atoms with Gasteiger partial charge in [0, 0.05) is 23.5 Å². The van der Waals surface area contributed by atoms with Crippen molar-refractivity contribution in [1.82, 2.24) is 4.57 Å². The molecule has 142 valence electrons. The number of carbonyl (C=O) groups excluding carboxylic acids is 1. The van der Waals surface area contributed by atoms with Gasteiger partial charge in [-0.05, 0) is 25.5 Å². The molecule has 1 heterocycles. The predicted molar refractivity (Wildman–Crippen MR) is 99.6 cm³/mol. The number of hydrogen-bond acceptors (Lipinski definition) is 6. The molecule has 1 N–H and O–H groups in total. The zero-order chi connectivity index (χ0) is 20.1. The van der Waals surface area contributed by atoms with Crippen LogP contribution >= 0.6 is 0 Å². The number of methoxy groups -OCH3 is 3. The van der Waals surface area contributed by atoms with Crippen LogP contribution in [-0.4, -0.2) is 31.8 Å². The smallest absolute Gasteiger partial charge is 0.269 e. The van der Waals surface area contributed by atoms with E-state index in [4.69, 9.17) is 19.5 Å². The van der Waals surface area contributed by atoms with E-state index in [1.807, 2.05) is 6.07 Å². The number of rotatable bonds is 6. The van der Waals surface area contributed by atoms with Crippen LogP contribution in [0.15, 0.2) is 23.0 Å². The second-order valence-corrected chi connectivity index (χ2v) is 5.81. The Bertz CT molecular complexity index is 948. The molecule has 0 unspecified atom stereocenters. The summed E-state index contributed by atoms with van der Waals surface area (Å²) in [6.07, 6.45) is 0. The Labute approximate surface area is 156 Å². The summed E-state index contributed by atoms with van der Waals surface area (Å²) in [6, 6.07) is 6.76. The average Bonchev–Trinajstić information content (AvgIpc) is 2.64. The molecule has 1 amide bonds. The van der Waals surface area contributed by atoms with E-state index in [0.29, 0.717) is 34.2 Å². The van der Waals surface area contributed by atoms with Crippen molar-refractivity contribution in [2.24, 2.45) is 0 Å². The normalized spacial score (nSPS) is 10.1. The maximum Gasteiger partial charge on any atom is 0.269 e. The van der Waals surface area contributed by atoms with Gasteiger partial charge in [-0.1, -0.05) is 0 Å². The Morgan fingerprint density at radius 2 is 1.70 bits per heavy atom. The number of hydrogen-bond donors (Lipinski definition) is 1. The molecule has 0 atom stereocenters. The summed E-state index contributed by atoms with van der Waals surface area (Å²) in [5, 5.41) is 11.8. The van der Waals surface area contributed by atoms with Gasteiger partial charge in [-0.25, -0.2) is 0 Å². The van der Waals surface area contributed by atoms with Gasteiger partial charge in [0.1, 0.15) is 18.2 Å². The standard InChI is InChI=1S/C19H21N3O5/c1-11-6-12(2)22(19(24)14(11)9-20)10-17(23)21-13-7-15(25-3)18(27-5)16(8-13)26-4/h6-8H,10H2,1-5H3,(H,21,23). The number of ether oxygens (including phenoxy) is 3. The number of anilines is 1. The molecule has 0 saturated carbocycles. The van der Waals surface area contributed by atoms with E-state index in [9.17, 15) is 9.59 Å². The van der Waals surface area contributed by atoms with Gasteiger partial charge in [0.2, 0.25) is 11.7 Å². The molecule has 8 heteroatoms. The molecule has 1 aromatic heterocycles. The molecular formula is C19H21N3O5. The lowest BCUT2D eigenvalue weighted by Crippen LogP contribution is -2.31. The number of aryl methyl sites for hydroxylation is 2. The number of nitrogens with zero attached hydrogens (tertiary/aromatic N) is 2. The summed E-state index contributed by atoms with van der Waals surface area (Å²) in [6.45, 7) is 3.17. The lowest BCUT2D eigenvalue weighted by molar-refractivity contribution is -0.116. The first kappa shape index (κ1) is 19.8. The zero-order valence-corrected chi connectivity index (χ0v) is 15.9. The lowest BCUT2D eigenvalue weighted by Gasteiger charge is -2.15. The van der Waals surface area contributed by atoms with E-state index in [-0.39, 0.29) is 12.1 Å². The van der Waals surface area contributed by atoms with Crippen LogP contribution in [0.25, 0.3) is 0 Å². The van der Waals surface area contributed by atoms with E-state index in [1.54, 1.807) is 32.0 Å². The number of nitrogens with one attached hydrogen (secondary N) is 1. The SMILES string of the molecule is COc1cc(NC(=O)Cn2c(C)cc(C)c(C#N)c2=O)cc(OC)c1OC. The van der Waals surface area contributed by atoms with Gasteiger partial charge < -0.3 is 24.1 Å². The van der Waals surface area contributed by atoms with Crippen LogP contribution in [0.3, 0.4) is 0 Å². The summed E-state index contributed by atoms with van der Waals surface area (Å²) in [7, 11) is 4.43. The van der Waals surface area contributed by atoms with Crippen molar-refractivity contribution in [3.8, 4) is 23.3 Å². The highest BCUT2D eigenvalue weighted by Crippen LogP contribution is 2.39. The van der Waals surface area contributed by atoms with Gasteiger partial charge in [-0.2, -0.15) is 5.26 Å². The molecule has 0 radical (unpaired) electrons. The Kier molecular flexibility index (Phi) is 6.08. The van der Waals surface area contributed by atoms with Crippen molar-refractivity contribution in [3.05, 3.63) is 45.4 Å². The highest BCUT2D eigenvalue weighted by atomic mass is 16.5. The number of carbonyl (C=O) groups is 1. The van der Waals surface area contributed by atoms with Crippen molar-refractivity contribution >= 4 is 11.6 Å². The molecule has 2 aromatic rings. The van der Waals surface area contributed by atoms with Gasteiger partial charge in [-0.15, -0.1) is 0 Å². The largest absolute Gasteiger partial charge is 0.493 e. The molecule has 0 aliphatic heterocycles. The minimum atomic E-state index is -0.491. The molecule has 0 aliphatic carbocycles. The first-order valence-corrected chi connectivity index (χ1v) is 8.07. The third-order valence-corrected chi connectivity index (χ3v) is 4.07. The van der Waals surface area contributed by atoms with Crippen molar-refractivity contribution < 1.29 is 19.0 Å². The molecule has 2 rings (SSSR count). The molecule has 8 nitrogen and oxygen atoms in total. The third-order valence-electron chi connectivity index (χ3n) is 4.07. The fourth-order valence-corrected chi connectivity index (χ4v) is 2.76. The summed E-state index contributed by atoms with van der Waals surface area (Å²) in [5.74, 6) is 0.759. The van der Waals surface area contributed by atoms with Gasteiger partial charge in [0.25, 0.3) is 5.56 Å². The molecule has 0 spiro atoms. The molecular weight excluding hydrogens is 350 g/mol. The Hall–Kier alpha value is -3.47. The quantitative estimate of drug-likeness (QED) is 0.833. The van der Waals surface area contributed by atoms with Crippen LogP contribution in [0.1, 0.15) is 16.8 Å². The topological polar surface area (TPSA) is 103 Å². The van der Waals surface area contributed by atoms with Gasteiger partial charge >= 0.3 is 0 Å². The lowest BCUT2D eigenvalue weighted by atomic mass is 10.1. The van der Waals surface area contributed by atoms with Crippen molar-refractivity contribution in [2.45, 2.75) is 20.4 Å². The van der Waals surface area contributed by atoms with E-state index in [2.05, 4.69) is 5.32 Å². The Balaban J connectivity index is 2.32. The molecule has 0 aliphatic rings. The van der Waals surface area contributed by atoms with E-state index < -0.39 is 11.5 Å². The highest BCUT2D eigenvalue weighted by molar-refractivity contribution is 5.91. The first-order chi connectivity index (χ1) is 12.9. The van der Waals surface area contributed by atoms with Crippen molar-refractivity contribution in [3.63, 3.8) is 0 Å². The third kappa shape index (κ3) is 4.03. The molecule has 0 saturated heterocycles. The van der Waals surface area contributed by atoms with Crippen LogP contribution in [0.4, 0.5) is 5.69 Å². The fraction of sp³-hybridized carbons (Fsp3) is 0.316. The maximum absolute atomic E-state index is 12.5. The van der Waals surface area contributed by atoms with E-state index >= 15 is 0 Å². The summed E-state index contributed by atoms with van der Waals surface area (Å²) < 4.78 is 17.0. The Morgan fingerprint density at radius 1 is 1.11 bits per heavy atom. The van der Waals surface area contributed by atoms with Crippen LogP contribution in [0.5, 0.6) is 17.2 Å². The minimum Gasteiger partial charge on any atom is -0.493 e. The second-order valence-electron chi connectivity index (χ2n) is 5.81. The summed E-state index contributed by atoms with van der Waals surface area (Å²) in [5.41, 5.74) is 1.14. The number of aromatic nitrogens is 1. The van der Waals surface area contributed by atoms with Crippen molar-refractivity contribution in [1.29, 1.82) is 5.26 Å². The van der Waals surface area contributed by atoms with Crippen LogP contribution in [-0.2, 0) is 11.3 Å². The first-order valence-electron chi connectivity index (χ1n) is 8.07. The summed E-state index contributed by atoms with van der Waals surface area (Å²) in [4.78, 5) is 24.9. The maximum atomic E-state index is 12.5. The van der Waals surface area contributed by atoms with Crippen molar-refractivity contribution in [2.75, 3.05) is 26.6 Å². The van der Waals surface area contributed by atoms with Gasteiger partial charge in [0.05, 0.1) is 21.3 Å². The van der Waals surface area contributed by atoms with Crippen LogP contribution in [0.2, 0.25) is 0 Å². The molecule has 1 aromatic carbocycles. The monoisotopic (exact) mass is 371 g/mol. The second kappa shape index (κ2) is 8.27. The molecule has 27 heavy (non-hydrogen) atoms. The highest BCUT2D eigenvalue weighted by Gasteiger charge is 2.16. The summed E-state index contributed by atoms with van der Waals surface area (Å²) >= 11 is 0. The van der Waals surface area contributed by atoms with Crippen LogP contribution < -0.4 is 25.1 Å². The van der Waals surface area contributed by atoms with Gasteiger partial charge in [0.15, 0.2) is 11.5 Å². The average molecular weight is 371 g/mol. The number of nitriles is 1.